The van der Waals surface area contributed by atoms with E-state index in [0.717, 1.165) is 22.2 Å². The third kappa shape index (κ3) is 4.15. The molecule has 1 saturated heterocycles. The summed E-state index contributed by atoms with van der Waals surface area (Å²) in [6, 6.07) is 14.3. The lowest BCUT2D eigenvalue weighted by Crippen LogP contribution is -2.36. The molecule has 1 aliphatic rings. The molecule has 1 N–H and O–H groups in total. The van der Waals surface area contributed by atoms with Crippen LogP contribution in [0.2, 0.25) is 5.02 Å². The molecule has 7 heteroatoms. The minimum Gasteiger partial charge on any atom is -0.325 e. The van der Waals surface area contributed by atoms with E-state index in [-0.39, 0.29) is 11.4 Å². The number of rotatable bonds is 4. The lowest BCUT2D eigenvalue weighted by Gasteiger charge is -2.12. The molecule has 132 valence electrons. The maximum atomic E-state index is 12.5. The molecule has 1 aliphatic heterocycles. The van der Waals surface area contributed by atoms with E-state index < -0.39 is 17.1 Å². The largest absolute Gasteiger partial charge is 0.325 e. The van der Waals surface area contributed by atoms with Gasteiger partial charge in [0.15, 0.2) is 0 Å². The number of hydrogen-bond acceptors (Lipinski definition) is 4. The van der Waals surface area contributed by atoms with Gasteiger partial charge in [0.25, 0.3) is 11.1 Å². The Morgan fingerprint density at radius 2 is 1.96 bits per heavy atom. The lowest BCUT2D eigenvalue weighted by molar-refractivity contribution is -0.127. The Kier molecular flexibility index (Phi) is 5.44. The minimum atomic E-state index is -0.501. The van der Waals surface area contributed by atoms with Crippen molar-refractivity contribution < 1.29 is 14.4 Å². The molecule has 5 nitrogen and oxygen atoms in total. The zero-order chi connectivity index (χ0) is 18.7. The maximum absolute atomic E-state index is 12.5. The first-order valence-corrected chi connectivity index (χ1v) is 9.00. The van der Waals surface area contributed by atoms with Gasteiger partial charge in [-0.3, -0.25) is 19.3 Å². The van der Waals surface area contributed by atoms with Gasteiger partial charge >= 0.3 is 0 Å². The monoisotopic (exact) mass is 386 g/mol. The Labute approximate surface area is 160 Å². The molecule has 2 aromatic carbocycles. The first-order valence-electron chi connectivity index (χ1n) is 7.80. The van der Waals surface area contributed by atoms with Crippen molar-refractivity contribution in [2.45, 2.75) is 6.92 Å². The van der Waals surface area contributed by atoms with E-state index in [1.165, 1.54) is 0 Å². The van der Waals surface area contributed by atoms with E-state index in [0.29, 0.717) is 16.3 Å². The minimum absolute atomic E-state index is 0.242. The first kappa shape index (κ1) is 18.2. The SMILES string of the molecule is Cc1cccc(NC(=O)CN2C(=O)S/C(=C\c3ccccc3Cl)C2=O)c1. The summed E-state index contributed by atoms with van der Waals surface area (Å²) in [7, 11) is 0. The van der Waals surface area contributed by atoms with Crippen LogP contribution in [0.25, 0.3) is 6.08 Å². The van der Waals surface area contributed by atoms with E-state index >= 15 is 0 Å². The highest BCUT2D eigenvalue weighted by atomic mass is 35.5. The van der Waals surface area contributed by atoms with Crippen molar-refractivity contribution in [3.05, 3.63) is 69.6 Å². The number of halogens is 1. The second-order valence-corrected chi connectivity index (χ2v) is 7.11. The predicted octanol–water partition coefficient (Wildman–Crippen LogP) is 4.32. The number of thioether (sulfide) groups is 1. The topological polar surface area (TPSA) is 66.5 Å². The average Bonchev–Trinajstić information content (AvgIpc) is 2.84. The third-order valence-electron chi connectivity index (χ3n) is 3.67. The molecular weight excluding hydrogens is 372 g/mol. The molecule has 1 heterocycles. The van der Waals surface area contributed by atoms with Gasteiger partial charge in [-0.25, -0.2) is 0 Å². The molecule has 0 radical (unpaired) electrons. The van der Waals surface area contributed by atoms with Crippen molar-refractivity contribution in [2.75, 3.05) is 11.9 Å². The van der Waals surface area contributed by atoms with E-state index in [9.17, 15) is 14.4 Å². The summed E-state index contributed by atoms with van der Waals surface area (Å²) in [6.45, 7) is 1.57. The Morgan fingerprint density at radius 3 is 2.69 bits per heavy atom. The van der Waals surface area contributed by atoms with Crippen LogP contribution in [-0.2, 0) is 9.59 Å². The fourth-order valence-electron chi connectivity index (χ4n) is 2.44. The highest BCUT2D eigenvalue weighted by Crippen LogP contribution is 2.33. The molecule has 2 aromatic rings. The van der Waals surface area contributed by atoms with Crippen LogP contribution in [0.4, 0.5) is 10.5 Å². The van der Waals surface area contributed by atoms with Gasteiger partial charge in [-0.2, -0.15) is 0 Å². The van der Waals surface area contributed by atoms with Crippen LogP contribution in [0.1, 0.15) is 11.1 Å². The van der Waals surface area contributed by atoms with Gasteiger partial charge in [0.05, 0.1) is 4.91 Å². The first-order chi connectivity index (χ1) is 12.4. The lowest BCUT2D eigenvalue weighted by atomic mass is 10.2. The molecule has 0 spiro atoms. The normalized spacial score (nSPS) is 15.6. The van der Waals surface area contributed by atoms with Gasteiger partial charge in [0.2, 0.25) is 5.91 Å². The molecule has 0 aliphatic carbocycles. The van der Waals surface area contributed by atoms with Gasteiger partial charge in [0, 0.05) is 10.7 Å². The predicted molar refractivity (Wildman–Crippen MR) is 104 cm³/mol. The molecule has 0 bridgehead atoms. The Balaban J connectivity index is 1.71. The average molecular weight is 387 g/mol. The maximum Gasteiger partial charge on any atom is 0.294 e. The van der Waals surface area contributed by atoms with Crippen molar-refractivity contribution >= 4 is 52.2 Å². The van der Waals surface area contributed by atoms with Gasteiger partial charge < -0.3 is 5.32 Å². The number of nitrogens with one attached hydrogen (secondary N) is 1. The summed E-state index contributed by atoms with van der Waals surface area (Å²) < 4.78 is 0. The number of benzene rings is 2. The number of amides is 3. The number of aryl methyl sites for hydroxylation is 1. The van der Waals surface area contributed by atoms with Gasteiger partial charge in [0.1, 0.15) is 6.54 Å². The smallest absolute Gasteiger partial charge is 0.294 e. The van der Waals surface area contributed by atoms with Crippen molar-refractivity contribution in [1.29, 1.82) is 0 Å². The summed E-state index contributed by atoms with van der Waals surface area (Å²) in [6.07, 6.45) is 1.56. The second kappa shape index (κ2) is 7.76. The Hall–Kier alpha value is -2.57. The second-order valence-electron chi connectivity index (χ2n) is 5.71. The standard InChI is InChI=1S/C19H15ClN2O3S/c1-12-5-4-7-14(9-12)21-17(23)11-22-18(24)16(26-19(22)25)10-13-6-2-3-8-15(13)20/h2-10H,11H2,1H3,(H,21,23)/b16-10-. The number of hydrogen-bond donors (Lipinski definition) is 1. The third-order valence-corrected chi connectivity index (χ3v) is 4.92. The van der Waals surface area contributed by atoms with Crippen LogP contribution < -0.4 is 5.32 Å². The van der Waals surface area contributed by atoms with E-state index in [1.54, 1.807) is 36.4 Å². The number of imide groups is 1. The van der Waals surface area contributed by atoms with Gasteiger partial charge in [-0.1, -0.05) is 41.9 Å². The van der Waals surface area contributed by atoms with Crippen LogP contribution >= 0.6 is 23.4 Å². The van der Waals surface area contributed by atoms with Crippen molar-refractivity contribution in [2.24, 2.45) is 0 Å². The number of nitrogens with zero attached hydrogens (tertiary/aromatic N) is 1. The Morgan fingerprint density at radius 1 is 1.19 bits per heavy atom. The molecule has 0 aromatic heterocycles. The van der Waals surface area contributed by atoms with Crippen LogP contribution in [0, 0.1) is 6.92 Å². The summed E-state index contributed by atoms with van der Waals surface area (Å²) in [5.41, 5.74) is 2.26. The fourth-order valence-corrected chi connectivity index (χ4v) is 3.46. The highest BCUT2D eigenvalue weighted by molar-refractivity contribution is 8.18. The summed E-state index contributed by atoms with van der Waals surface area (Å²) in [5, 5.41) is 2.69. The molecule has 0 saturated carbocycles. The zero-order valence-electron chi connectivity index (χ0n) is 13.9. The van der Waals surface area contributed by atoms with E-state index in [4.69, 9.17) is 11.6 Å². The molecule has 0 atom stereocenters. The summed E-state index contributed by atoms with van der Waals surface area (Å²) in [5.74, 6) is -0.934. The van der Waals surface area contributed by atoms with E-state index in [2.05, 4.69) is 5.32 Å². The number of anilines is 1. The zero-order valence-corrected chi connectivity index (χ0v) is 15.4. The van der Waals surface area contributed by atoms with Crippen LogP contribution in [0.15, 0.2) is 53.4 Å². The van der Waals surface area contributed by atoms with Crippen molar-refractivity contribution in [3.8, 4) is 0 Å². The van der Waals surface area contributed by atoms with Crippen LogP contribution in [-0.4, -0.2) is 28.5 Å². The van der Waals surface area contributed by atoms with Gasteiger partial charge in [-0.15, -0.1) is 0 Å². The molecule has 3 amide bonds. The van der Waals surface area contributed by atoms with Crippen LogP contribution in [0.3, 0.4) is 0 Å². The van der Waals surface area contributed by atoms with Crippen molar-refractivity contribution in [3.63, 3.8) is 0 Å². The van der Waals surface area contributed by atoms with Crippen LogP contribution in [0.5, 0.6) is 0 Å². The fraction of sp³-hybridized carbons (Fsp3) is 0.105. The molecular formula is C19H15ClN2O3S. The molecule has 0 unspecified atom stereocenters. The van der Waals surface area contributed by atoms with Gasteiger partial charge in [-0.05, 0) is 54.1 Å². The molecule has 26 heavy (non-hydrogen) atoms. The quantitative estimate of drug-likeness (QED) is 0.794. The van der Waals surface area contributed by atoms with E-state index in [1.807, 2.05) is 25.1 Å². The Bertz CT molecular complexity index is 927. The highest BCUT2D eigenvalue weighted by Gasteiger charge is 2.36. The number of carbonyl (C=O) groups excluding carboxylic acids is 3. The summed E-state index contributed by atoms with van der Waals surface area (Å²) >= 11 is 6.88. The molecule has 3 rings (SSSR count). The summed E-state index contributed by atoms with van der Waals surface area (Å²) in [4.78, 5) is 37.9. The number of carbonyl (C=O) groups is 3. The van der Waals surface area contributed by atoms with Crippen molar-refractivity contribution in [1.82, 2.24) is 4.90 Å². The molecule has 1 fully saturated rings.